The Balaban J connectivity index is 2.74. The number of nitrogens with zero attached hydrogens (tertiary/aromatic N) is 3. The second-order valence-corrected chi connectivity index (χ2v) is 4.12. The van der Waals surface area contributed by atoms with Gasteiger partial charge in [-0.05, 0) is 22.6 Å². The van der Waals surface area contributed by atoms with Crippen LogP contribution in [0.2, 0.25) is 0 Å². The molecule has 15 heavy (non-hydrogen) atoms. The van der Waals surface area contributed by atoms with E-state index < -0.39 is 0 Å². The van der Waals surface area contributed by atoms with Gasteiger partial charge >= 0.3 is 0 Å². The van der Waals surface area contributed by atoms with E-state index >= 15 is 0 Å². The van der Waals surface area contributed by atoms with Crippen LogP contribution in [-0.2, 0) is 4.74 Å². The summed E-state index contributed by atoms with van der Waals surface area (Å²) in [5, 5.41) is 0. The fourth-order valence-electron chi connectivity index (χ4n) is 1.22. The van der Waals surface area contributed by atoms with Gasteiger partial charge in [0, 0.05) is 32.9 Å². The van der Waals surface area contributed by atoms with Gasteiger partial charge in [0.05, 0.1) is 10.2 Å². The van der Waals surface area contributed by atoms with E-state index in [9.17, 15) is 0 Å². The molecule has 0 spiro atoms. The van der Waals surface area contributed by atoms with Crippen LogP contribution in [0.4, 0.5) is 5.82 Å². The highest BCUT2D eigenvalue weighted by Crippen LogP contribution is 2.17. The molecule has 0 amide bonds. The Kier molecular flexibility index (Phi) is 5.81. The number of anilines is 1. The predicted octanol–water partition coefficient (Wildman–Crippen LogP) is 0.493. The van der Waals surface area contributed by atoms with Gasteiger partial charge in [0.25, 0.3) is 0 Å². The van der Waals surface area contributed by atoms with Gasteiger partial charge in [0.2, 0.25) is 0 Å². The number of nitrogens with two attached hydrogens (primary N) is 1. The maximum atomic E-state index is 5.56. The van der Waals surface area contributed by atoms with Crippen LogP contribution in [0.25, 0.3) is 0 Å². The Morgan fingerprint density at radius 3 is 2.93 bits per heavy atom. The van der Waals surface area contributed by atoms with Crippen molar-refractivity contribution in [2.45, 2.75) is 0 Å². The Morgan fingerprint density at radius 1 is 1.53 bits per heavy atom. The molecule has 1 heterocycles. The second kappa shape index (κ2) is 6.91. The van der Waals surface area contributed by atoms with Crippen LogP contribution in [0.3, 0.4) is 0 Å². The lowest BCUT2D eigenvalue weighted by molar-refractivity contribution is 0.205. The van der Waals surface area contributed by atoms with Crippen molar-refractivity contribution in [2.75, 3.05) is 38.3 Å². The molecule has 0 atom stereocenters. The molecule has 0 radical (unpaired) electrons. The lowest BCUT2D eigenvalue weighted by atomic mass is 10.4. The first-order valence-corrected chi connectivity index (χ1v) is 5.77. The van der Waals surface area contributed by atoms with Crippen LogP contribution in [-0.4, -0.2) is 43.3 Å². The van der Waals surface area contributed by atoms with Crippen molar-refractivity contribution >= 4 is 28.4 Å². The van der Waals surface area contributed by atoms with Gasteiger partial charge < -0.3 is 15.4 Å². The summed E-state index contributed by atoms with van der Waals surface area (Å²) < 4.78 is 6.08. The summed E-state index contributed by atoms with van der Waals surface area (Å²) in [4.78, 5) is 10.3. The van der Waals surface area contributed by atoms with Crippen LogP contribution in [0.1, 0.15) is 0 Å². The average molecular weight is 322 g/mol. The minimum absolute atomic E-state index is 0.601. The van der Waals surface area contributed by atoms with E-state index in [-0.39, 0.29) is 0 Å². The first-order valence-electron chi connectivity index (χ1n) is 4.69. The van der Waals surface area contributed by atoms with Crippen molar-refractivity contribution in [1.82, 2.24) is 9.97 Å². The summed E-state index contributed by atoms with van der Waals surface area (Å²) in [6.45, 7) is 2.83. The van der Waals surface area contributed by atoms with Gasteiger partial charge in [0.1, 0.15) is 12.1 Å². The van der Waals surface area contributed by atoms with E-state index in [4.69, 9.17) is 10.5 Å². The number of halogens is 1. The highest BCUT2D eigenvalue weighted by Gasteiger charge is 2.10. The van der Waals surface area contributed by atoms with Crippen molar-refractivity contribution in [1.29, 1.82) is 0 Å². The zero-order valence-electron chi connectivity index (χ0n) is 8.69. The monoisotopic (exact) mass is 322 g/mol. The molecule has 84 valence electrons. The Morgan fingerprint density at radius 2 is 2.33 bits per heavy atom. The molecule has 0 aliphatic carbocycles. The summed E-state index contributed by atoms with van der Waals surface area (Å²) in [5.41, 5.74) is 5.56. The van der Waals surface area contributed by atoms with Gasteiger partial charge in [-0.1, -0.05) is 0 Å². The summed E-state index contributed by atoms with van der Waals surface area (Å²) in [6.07, 6.45) is 3.34. The van der Waals surface area contributed by atoms with Crippen LogP contribution in [0, 0.1) is 3.57 Å². The molecule has 2 N–H and O–H groups in total. The van der Waals surface area contributed by atoms with Crippen LogP contribution >= 0.6 is 22.6 Å². The molecule has 1 aromatic rings. The minimum Gasteiger partial charge on any atom is -0.383 e. The average Bonchev–Trinajstić information content (AvgIpc) is 2.25. The quantitative estimate of drug-likeness (QED) is 0.773. The smallest absolute Gasteiger partial charge is 0.145 e. The molecule has 5 nitrogen and oxygen atoms in total. The summed E-state index contributed by atoms with van der Waals surface area (Å²) >= 11 is 2.22. The molecular weight excluding hydrogens is 307 g/mol. The lowest BCUT2D eigenvalue weighted by Crippen LogP contribution is -2.33. The highest BCUT2D eigenvalue weighted by atomic mass is 127. The van der Waals surface area contributed by atoms with E-state index in [0.29, 0.717) is 13.2 Å². The third-order valence-electron chi connectivity index (χ3n) is 1.91. The van der Waals surface area contributed by atoms with E-state index in [1.165, 1.54) is 0 Å². The van der Waals surface area contributed by atoms with Crippen molar-refractivity contribution in [3.05, 3.63) is 16.1 Å². The van der Waals surface area contributed by atoms with Crippen molar-refractivity contribution in [2.24, 2.45) is 5.73 Å². The van der Waals surface area contributed by atoms with Crippen molar-refractivity contribution < 1.29 is 4.74 Å². The fourth-order valence-corrected chi connectivity index (χ4v) is 1.86. The molecule has 0 saturated heterocycles. The predicted molar refractivity (Wildman–Crippen MR) is 67.9 cm³/mol. The van der Waals surface area contributed by atoms with Gasteiger partial charge in [-0.2, -0.15) is 0 Å². The first-order chi connectivity index (χ1) is 7.29. The number of hydrogen-bond acceptors (Lipinski definition) is 5. The van der Waals surface area contributed by atoms with Gasteiger partial charge in [-0.15, -0.1) is 0 Å². The summed E-state index contributed by atoms with van der Waals surface area (Å²) in [6, 6.07) is 0. The Hall–Kier alpha value is -0.470. The largest absolute Gasteiger partial charge is 0.383 e. The normalized spacial score (nSPS) is 10.3. The number of methoxy groups -OCH3 is 1. The number of aromatic nitrogens is 2. The molecule has 0 aliphatic heterocycles. The molecule has 6 heteroatoms. The molecule has 0 aliphatic rings. The van der Waals surface area contributed by atoms with Gasteiger partial charge in [-0.25, -0.2) is 9.97 Å². The molecule has 0 fully saturated rings. The Labute approximate surface area is 103 Å². The van der Waals surface area contributed by atoms with Crippen molar-refractivity contribution in [3.63, 3.8) is 0 Å². The van der Waals surface area contributed by atoms with Crippen LogP contribution in [0.15, 0.2) is 12.5 Å². The lowest BCUT2D eigenvalue weighted by Gasteiger charge is -2.23. The second-order valence-electron chi connectivity index (χ2n) is 2.96. The standard InChI is InChI=1S/C9H15IN4O/c1-15-5-4-14(3-2-11)9-8(10)6-12-7-13-9/h6-7H,2-5,11H2,1H3. The van der Waals surface area contributed by atoms with Crippen LogP contribution < -0.4 is 10.6 Å². The fraction of sp³-hybridized carbons (Fsp3) is 0.556. The summed E-state index contributed by atoms with van der Waals surface area (Å²) in [7, 11) is 1.69. The number of rotatable bonds is 6. The maximum absolute atomic E-state index is 5.56. The van der Waals surface area contributed by atoms with E-state index in [2.05, 4.69) is 37.5 Å². The molecule has 0 unspecified atom stereocenters. The van der Waals surface area contributed by atoms with Crippen LogP contribution in [0.5, 0.6) is 0 Å². The SMILES string of the molecule is COCCN(CCN)c1ncncc1I. The molecular formula is C9H15IN4O. The minimum atomic E-state index is 0.601. The third-order valence-corrected chi connectivity index (χ3v) is 2.67. The first kappa shape index (κ1) is 12.6. The molecule has 0 bridgehead atoms. The van der Waals surface area contributed by atoms with Gasteiger partial charge in [-0.3, -0.25) is 0 Å². The zero-order valence-corrected chi connectivity index (χ0v) is 10.8. The van der Waals surface area contributed by atoms with E-state index in [1.807, 2.05) is 0 Å². The van der Waals surface area contributed by atoms with E-state index in [1.54, 1.807) is 19.6 Å². The number of ether oxygens (including phenoxy) is 1. The zero-order chi connectivity index (χ0) is 11.1. The number of hydrogen-bond donors (Lipinski definition) is 1. The molecule has 1 rings (SSSR count). The van der Waals surface area contributed by atoms with Gasteiger partial charge in [0.15, 0.2) is 0 Å². The van der Waals surface area contributed by atoms with Crippen molar-refractivity contribution in [3.8, 4) is 0 Å². The molecule has 0 saturated carbocycles. The molecule has 1 aromatic heterocycles. The topological polar surface area (TPSA) is 64.3 Å². The summed E-state index contributed by atoms with van der Waals surface area (Å²) in [5.74, 6) is 0.924. The molecule has 0 aromatic carbocycles. The Bertz CT molecular complexity index is 297. The maximum Gasteiger partial charge on any atom is 0.145 e. The van der Waals surface area contributed by atoms with E-state index in [0.717, 1.165) is 22.5 Å². The third kappa shape index (κ3) is 3.88. The highest BCUT2D eigenvalue weighted by molar-refractivity contribution is 14.1.